The third-order valence-electron chi connectivity index (χ3n) is 2.68. The molecule has 106 valence electrons. The Hall–Kier alpha value is -2.18. The van der Waals surface area contributed by atoms with Crippen LogP contribution in [0, 0.1) is 11.8 Å². The molecule has 2 aromatic rings. The lowest BCUT2D eigenvalue weighted by Crippen LogP contribution is -1.94. The number of hydrogen-bond acceptors (Lipinski definition) is 3. The molecule has 0 aliphatic heterocycles. The maximum absolute atomic E-state index is 10.8. The minimum atomic E-state index is 0.0916. The zero-order valence-electron chi connectivity index (χ0n) is 11.8. The highest BCUT2D eigenvalue weighted by Gasteiger charge is 1.95. The summed E-state index contributed by atoms with van der Waals surface area (Å²) >= 11 is 1.22. The van der Waals surface area contributed by atoms with E-state index in [0.717, 1.165) is 16.9 Å². The molecule has 0 unspecified atom stereocenters. The van der Waals surface area contributed by atoms with Crippen molar-refractivity contribution in [3.63, 3.8) is 0 Å². The monoisotopic (exact) mass is 296 g/mol. The molecule has 0 saturated heterocycles. The summed E-state index contributed by atoms with van der Waals surface area (Å²) in [6.45, 7) is 2.10. The fourth-order valence-electron chi connectivity index (χ4n) is 1.65. The number of ether oxygens (including phenoxy) is 1. The van der Waals surface area contributed by atoms with Gasteiger partial charge < -0.3 is 4.74 Å². The van der Waals surface area contributed by atoms with E-state index in [1.807, 2.05) is 54.6 Å². The van der Waals surface area contributed by atoms with Gasteiger partial charge in [-0.05, 0) is 29.8 Å². The van der Waals surface area contributed by atoms with E-state index in [2.05, 4.69) is 11.8 Å². The molecule has 2 nitrogen and oxygen atoms in total. The van der Waals surface area contributed by atoms with Crippen LogP contribution in [0.15, 0.2) is 54.6 Å². The Morgan fingerprint density at radius 2 is 1.81 bits per heavy atom. The number of benzene rings is 2. The molecule has 0 aromatic heterocycles. The largest absolute Gasteiger partial charge is 0.489 e. The Kier molecular flexibility index (Phi) is 5.93. The second-order valence-corrected chi connectivity index (χ2v) is 5.53. The summed E-state index contributed by atoms with van der Waals surface area (Å²) in [5, 5.41) is 0.0916. The second-order valence-electron chi connectivity index (χ2n) is 4.38. The lowest BCUT2D eigenvalue weighted by atomic mass is 10.2. The molecule has 0 atom stereocenters. The summed E-state index contributed by atoms with van der Waals surface area (Å²) in [7, 11) is 0. The first-order chi connectivity index (χ1) is 10.2. The quantitative estimate of drug-likeness (QED) is 0.801. The van der Waals surface area contributed by atoms with Gasteiger partial charge in [0.1, 0.15) is 12.4 Å². The van der Waals surface area contributed by atoms with Crippen molar-refractivity contribution in [2.24, 2.45) is 0 Å². The van der Waals surface area contributed by atoms with Crippen LogP contribution in [-0.2, 0) is 11.4 Å². The van der Waals surface area contributed by atoms with Crippen molar-refractivity contribution in [1.29, 1.82) is 0 Å². The van der Waals surface area contributed by atoms with Crippen molar-refractivity contribution < 1.29 is 9.53 Å². The van der Waals surface area contributed by atoms with Crippen molar-refractivity contribution in [2.45, 2.75) is 13.5 Å². The molecule has 0 bridgehead atoms. The van der Waals surface area contributed by atoms with Gasteiger partial charge in [0.25, 0.3) is 0 Å². The number of carbonyl (C=O) groups is 1. The van der Waals surface area contributed by atoms with Gasteiger partial charge in [-0.15, -0.1) is 0 Å². The van der Waals surface area contributed by atoms with Gasteiger partial charge in [-0.25, -0.2) is 0 Å². The molecule has 0 aliphatic carbocycles. The van der Waals surface area contributed by atoms with Crippen molar-refractivity contribution in [2.75, 3.05) is 5.75 Å². The van der Waals surface area contributed by atoms with Gasteiger partial charge in [0.05, 0.1) is 5.75 Å². The molecular weight excluding hydrogens is 280 g/mol. The predicted molar refractivity (Wildman–Crippen MR) is 87.2 cm³/mol. The van der Waals surface area contributed by atoms with Crippen molar-refractivity contribution in [3.8, 4) is 17.6 Å². The Balaban J connectivity index is 1.85. The van der Waals surface area contributed by atoms with Gasteiger partial charge in [0, 0.05) is 12.5 Å². The molecule has 2 aromatic carbocycles. The first-order valence-electron chi connectivity index (χ1n) is 6.63. The van der Waals surface area contributed by atoms with Gasteiger partial charge in [-0.2, -0.15) is 0 Å². The highest BCUT2D eigenvalue weighted by molar-refractivity contribution is 8.13. The van der Waals surface area contributed by atoms with Gasteiger partial charge in [0.2, 0.25) is 0 Å². The third kappa shape index (κ3) is 5.76. The second kappa shape index (κ2) is 8.18. The molecule has 2 rings (SSSR count). The average Bonchev–Trinajstić information content (AvgIpc) is 2.51. The van der Waals surface area contributed by atoms with E-state index in [-0.39, 0.29) is 5.12 Å². The van der Waals surface area contributed by atoms with Crippen LogP contribution in [0.5, 0.6) is 5.75 Å². The van der Waals surface area contributed by atoms with E-state index in [4.69, 9.17) is 4.74 Å². The van der Waals surface area contributed by atoms with Crippen LogP contribution in [0.25, 0.3) is 0 Å². The van der Waals surface area contributed by atoms with E-state index < -0.39 is 0 Å². The maximum Gasteiger partial charge on any atom is 0.186 e. The molecule has 0 N–H and O–H groups in total. The zero-order valence-corrected chi connectivity index (χ0v) is 12.7. The normalized spacial score (nSPS) is 9.57. The average molecular weight is 296 g/mol. The van der Waals surface area contributed by atoms with Crippen LogP contribution < -0.4 is 4.74 Å². The first kappa shape index (κ1) is 15.2. The summed E-state index contributed by atoms with van der Waals surface area (Å²) in [5.74, 6) is 7.34. The lowest BCUT2D eigenvalue weighted by Gasteiger charge is -2.05. The number of rotatable bonds is 4. The molecule has 0 aliphatic rings. The molecule has 0 fully saturated rings. The van der Waals surface area contributed by atoms with Gasteiger partial charge in [-0.3, -0.25) is 4.79 Å². The Labute approximate surface area is 129 Å². The van der Waals surface area contributed by atoms with E-state index in [9.17, 15) is 4.79 Å². The number of carbonyl (C=O) groups excluding carboxylic acids is 1. The SMILES string of the molecule is CC(=O)SCC#Cc1ccc(OCc2ccccc2)cc1. The van der Waals surface area contributed by atoms with E-state index in [1.165, 1.54) is 11.8 Å². The van der Waals surface area contributed by atoms with Crippen molar-refractivity contribution in [1.82, 2.24) is 0 Å². The molecule has 0 amide bonds. The summed E-state index contributed by atoms with van der Waals surface area (Å²) in [6, 6.07) is 17.7. The highest BCUT2D eigenvalue weighted by Crippen LogP contribution is 2.13. The zero-order chi connectivity index (χ0) is 14.9. The van der Waals surface area contributed by atoms with E-state index in [1.54, 1.807) is 6.92 Å². The molecule has 0 radical (unpaired) electrons. The van der Waals surface area contributed by atoms with Crippen LogP contribution in [0.4, 0.5) is 0 Å². The summed E-state index contributed by atoms with van der Waals surface area (Å²) in [4.78, 5) is 10.8. The van der Waals surface area contributed by atoms with E-state index in [0.29, 0.717) is 12.4 Å². The maximum atomic E-state index is 10.8. The topological polar surface area (TPSA) is 26.3 Å². The van der Waals surface area contributed by atoms with Crippen molar-refractivity contribution >= 4 is 16.9 Å². The smallest absolute Gasteiger partial charge is 0.186 e. The lowest BCUT2D eigenvalue weighted by molar-refractivity contribution is -0.109. The minimum Gasteiger partial charge on any atom is -0.489 e. The first-order valence-corrected chi connectivity index (χ1v) is 7.61. The summed E-state index contributed by atoms with van der Waals surface area (Å²) < 4.78 is 5.71. The Morgan fingerprint density at radius 3 is 2.48 bits per heavy atom. The van der Waals surface area contributed by atoms with Crippen molar-refractivity contribution in [3.05, 3.63) is 65.7 Å². The molecule has 21 heavy (non-hydrogen) atoms. The number of hydrogen-bond donors (Lipinski definition) is 0. The number of thioether (sulfide) groups is 1. The van der Waals surface area contributed by atoms with E-state index >= 15 is 0 Å². The van der Waals surface area contributed by atoms with Crippen LogP contribution >= 0.6 is 11.8 Å². The summed E-state index contributed by atoms with van der Waals surface area (Å²) in [6.07, 6.45) is 0. The Morgan fingerprint density at radius 1 is 1.10 bits per heavy atom. The minimum absolute atomic E-state index is 0.0916. The molecule has 0 spiro atoms. The van der Waals surface area contributed by atoms with Gasteiger partial charge >= 0.3 is 0 Å². The summed E-state index contributed by atoms with van der Waals surface area (Å²) in [5.41, 5.74) is 2.06. The van der Waals surface area contributed by atoms with Crippen LogP contribution in [0.2, 0.25) is 0 Å². The fraction of sp³-hybridized carbons (Fsp3) is 0.167. The predicted octanol–water partition coefficient (Wildman–Crippen LogP) is 3.90. The van der Waals surface area contributed by atoms with Gasteiger partial charge in [0.15, 0.2) is 5.12 Å². The third-order valence-corrected chi connectivity index (χ3v) is 3.38. The molecule has 0 heterocycles. The standard InChI is InChI=1S/C18H16O2S/c1-15(19)21-13-5-8-16-9-11-18(12-10-16)20-14-17-6-3-2-4-7-17/h2-4,6-7,9-12H,13-14H2,1H3. The van der Waals surface area contributed by atoms with Crippen LogP contribution in [-0.4, -0.2) is 10.9 Å². The van der Waals surface area contributed by atoms with Gasteiger partial charge in [-0.1, -0.05) is 53.9 Å². The fourth-order valence-corrected chi connectivity index (χ4v) is 2.00. The highest BCUT2D eigenvalue weighted by atomic mass is 32.2. The molecular formula is C18H16O2S. The van der Waals surface area contributed by atoms with Crippen LogP contribution in [0.3, 0.4) is 0 Å². The molecule has 3 heteroatoms. The molecule has 0 saturated carbocycles. The van der Waals surface area contributed by atoms with Crippen LogP contribution in [0.1, 0.15) is 18.1 Å². The Bertz CT molecular complexity index is 636.